The normalized spacial score (nSPS) is 10.2. The zero-order chi connectivity index (χ0) is 13.5. The van der Waals surface area contributed by atoms with Gasteiger partial charge in [0, 0.05) is 12.1 Å². The number of hydrogen-bond acceptors (Lipinski definition) is 3. The number of benzene rings is 2. The van der Waals surface area contributed by atoms with Crippen LogP contribution >= 0.6 is 0 Å². The van der Waals surface area contributed by atoms with Gasteiger partial charge in [0.15, 0.2) is 0 Å². The first-order chi connectivity index (χ1) is 9.33. The molecule has 0 bridgehead atoms. The monoisotopic (exact) mass is 257 g/mol. The van der Waals surface area contributed by atoms with Crippen molar-refractivity contribution in [2.45, 2.75) is 20.1 Å². The first-order valence-electron chi connectivity index (χ1n) is 6.46. The SMILES string of the molecule is CCOc1ccccc1COc1ccc(CN)cc1. The highest BCUT2D eigenvalue weighted by Gasteiger charge is 2.03. The van der Waals surface area contributed by atoms with Crippen molar-refractivity contribution in [2.24, 2.45) is 5.73 Å². The first kappa shape index (κ1) is 13.4. The van der Waals surface area contributed by atoms with Crippen LogP contribution in [0.25, 0.3) is 0 Å². The molecule has 2 rings (SSSR count). The summed E-state index contributed by atoms with van der Waals surface area (Å²) in [5.74, 6) is 1.71. The van der Waals surface area contributed by atoms with Crippen molar-refractivity contribution < 1.29 is 9.47 Å². The van der Waals surface area contributed by atoms with Crippen molar-refractivity contribution in [1.29, 1.82) is 0 Å². The molecule has 2 aromatic rings. The summed E-state index contributed by atoms with van der Waals surface area (Å²) in [6, 6.07) is 15.7. The van der Waals surface area contributed by atoms with Gasteiger partial charge in [0.1, 0.15) is 18.1 Å². The third kappa shape index (κ3) is 3.73. The Balaban J connectivity index is 2.01. The van der Waals surface area contributed by atoms with E-state index in [2.05, 4.69) is 0 Å². The zero-order valence-electron chi connectivity index (χ0n) is 11.1. The number of ether oxygens (including phenoxy) is 2. The summed E-state index contributed by atoms with van der Waals surface area (Å²) < 4.78 is 11.3. The van der Waals surface area contributed by atoms with Gasteiger partial charge in [0.05, 0.1) is 6.61 Å². The minimum atomic E-state index is 0.498. The van der Waals surface area contributed by atoms with Gasteiger partial charge in [-0.3, -0.25) is 0 Å². The van der Waals surface area contributed by atoms with Crippen LogP contribution in [0, 0.1) is 0 Å². The Morgan fingerprint density at radius 3 is 2.37 bits per heavy atom. The average molecular weight is 257 g/mol. The molecule has 2 aromatic carbocycles. The Morgan fingerprint density at radius 1 is 0.947 bits per heavy atom. The lowest BCUT2D eigenvalue weighted by atomic mass is 10.2. The van der Waals surface area contributed by atoms with E-state index in [0.717, 1.165) is 22.6 Å². The lowest BCUT2D eigenvalue weighted by Gasteiger charge is -2.11. The fourth-order valence-electron chi connectivity index (χ4n) is 1.80. The highest BCUT2D eigenvalue weighted by atomic mass is 16.5. The van der Waals surface area contributed by atoms with Crippen LogP contribution in [0.1, 0.15) is 18.1 Å². The topological polar surface area (TPSA) is 44.5 Å². The lowest BCUT2D eigenvalue weighted by Crippen LogP contribution is -2.01. The van der Waals surface area contributed by atoms with Gasteiger partial charge in [-0.1, -0.05) is 30.3 Å². The van der Waals surface area contributed by atoms with Crippen LogP contribution in [0.15, 0.2) is 48.5 Å². The van der Waals surface area contributed by atoms with Gasteiger partial charge in [0.25, 0.3) is 0 Å². The summed E-state index contributed by atoms with van der Waals surface area (Å²) in [4.78, 5) is 0. The molecule has 0 radical (unpaired) electrons. The summed E-state index contributed by atoms with van der Waals surface area (Å²) in [5, 5.41) is 0. The molecule has 0 aliphatic rings. The molecule has 0 heterocycles. The molecule has 0 saturated heterocycles. The highest BCUT2D eigenvalue weighted by molar-refractivity contribution is 5.34. The Kier molecular flexibility index (Phi) is 4.81. The predicted octanol–water partition coefficient (Wildman–Crippen LogP) is 3.12. The number of nitrogens with two attached hydrogens (primary N) is 1. The van der Waals surface area contributed by atoms with E-state index in [-0.39, 0.29) is 0 Å². The van der Waals surface area contributed by atoms with Gasteiger partial charge in [-0.05, 0) is 30.7 Å². The molecule has 0 aliphatic heterocycles. The molecular weight excluding hydrogens is 238 g/mol. The van der Waals surface area contributed by atoms with E-state index >= 15 is 0 Å². The molecule has 2 N–H and O–H groups in total. The fourth-order valence-corrected chi connectivity index (χ4v) is 1.80. The Labute approximate surface area is 114 Å². The van der Waals surface area contributed by atoms with Gasteiger partial charge in [0.2, 0.25) is 0 Å². The minimum absolute atomic E-state index is 0.498. The van der Waals surface area contributed by atoms with Crippen molar-refractivity contribution >= 4 is 0 Å². The molecule has 0 aliphatic carbocycles. The van der Waals surface area contributed by atoms with E-state index in [0.29, 0.717) is 19.8 Å². The van der Waals surface area contributed by atoms with Crippen molar-refractivity contribution in [3.8, 4) is 11.5 Å². The largest absolute Gasteiger partial charge is 0.493 e. The smallest absolute Gasteiger partial charge is 0.125 e. The van der Waals surface area contributed by atoms with Gasteiger partial charge >= 0.3 is 0 Å². The lowest BCUT2D eigenvalue weighted by molar-refractivity contribution is 0.286. The van der Waals surface area contributed by atoms with E-state index in [9.17, 15) is 0 Å². The van der Waals surface area contributed by atoms with E-state index in [4.69, 9.17) is 15.2 Å². The van der Waals surface area contributed by atoms with Crippen LogP contribution in [0.3, 0.4) is 0 Å². The Bertz CT molecular complexity index is 508. The van der Waals surface area contributed by atoms with Crippen LogP contribution in [-0.4, -0.2) is 6.61 Å². The number of para-hydroxylation sites is 1. The van der Waals surface area contributed by atoms with E-state index in [1.165, 1.54) is 0 Å². The second-order valence-electron chi connectivity index (χ2n) is 4.18. The maximum absolute atomic E-state index is 5.76. The molecule has 3 heteroatoms. The van der Waals surface area contributed by atoms with Gasteiger partial charge in [-0.25, -0.2) is 0 Å². The molecule has 0 amide bonds. The second-order valence-corrected chi connectivity index (χ2v) is 4.18. The average Bonchev–Trinajstić information content (AvgIpc) is 2.47. The van der Waals surface area contributed by atoms with E-state index in [1.807, 2.05) is 55.5 Å². The van der Waals surface area contributed by atoms with E-state index in [1.54, 1.807) is 0 Å². The quantitative estimate of drug-likeness (QED) is 0.864. The molecule has 0 atom stereocenters. The maximum atomic E-state index is 5.76. The molecular formula is C16H19NO2. The summed E-state index contributed by atoms with van der Waals surface area (Å²) in [7, 11) is 0. The first-order valence-corrected chi connectivity index (χ1v) is 6.46. The van der Waals surface area contributed by atoms with E-state index < -0.39 is 0 Å². The summed E-state index contributed by atoms with van der Waals surface area (Å²) in [5.41, 5.74) is 7.71. The minimum Gasteiger partial charge on any atom is -0.493 e. The highest BCUT2D eigenvalue weighted by Crippen LogP contribution is 2.20. The van der Waals surface area contributed by atoms with Crippen LogP contribution in [0.2, 0.25) is 0 Å². The summed E-state index contributed by atoms with van der Waals surface area (Å²) in [6.45, 7) is 3.68. The number of rotatable bonds is 6. The third-order valence-electron chi connectivity index (χ3n) is 2.83. The molecule has 0 fully saturated rings. The van der Waals surface area contributed by atoms with Crippen molar-refractivity contribution in [3.05, 3.63) is 59.7 Å². The Morgan fingerprint density at radius 2 is 1.68 bits per heavy atom. The van der Waals surface area contributed by atoms with Crippen LogP contribution in [0.5, 0.6) is 11.5 Å². The summed E-state index contributed by atoms with van der Waals surface area (Å²) >= 11 is 0. The standard InChI is InChI=1S/C16H19NO2/c1-2-18-16-6-4-3-5-14(16)12-19-15-9-7-13(11-17)8-10-15/h3-10H,2,11-12,17H2,1H3. The molecule has 3 nitrogen and oxygen atoms in total. The van der Waals surface area contributed by atoms with Crippen LogP contribution < -0.4 is 15.2 Å². The molecule has 0 spiro atoms. The van der Waals surface area contributed by atoms with Crippen LogP contribution in [-0.2, 0) is 13.2 Å². The molecule has 0 aromatic heterocycles. The maximum Gasteiger partial charge on any atom is 0.125 e. The molecule has 0 saturated carbocycles. The molecule has 100 valence electrons. The summed E-state index contributed by atoms with van der Waals surface area (Å²) in [6.07, 6.45) is 0. The van der Waals surface area contributed by atoms with Crippen molar-refractivity contribution in [2.75, 3.05) is 6.61 Å². The third-order valence-corrected chi connectivity index (χ3v) is 2.83. The van der Waals surface area contributed by atoms with Crippen molar-refractivity contribution in [1.82, 2.24) is 0 Å². The van der Waals surface area contributed by atoms with Crippen LogP contribution in [0.4, 0.5) is 0 Å². The second kappa shape index (κ2) is 6.81. The van der Waals surface area contributed by atoms with Gasteiger partial charge < -0.3 is 15.2 Å². The number of hydrogen-bond donors (Lipinski definition) is 1. The van der Waals surface area contributed by atoms with Gasteiger partial charge in [-0.15, -0.1) is 0 Å². The predicted molar refractivity (Wildman–Crippen MR) is 76.3 cm³/mol. The zero-order valence-corrected chi connectivity index (χ0v) is 11.1. The fraction of sp³-hybridized carbons (Fsp3) is 0.250. The Hall–Kier alpha value is -2.00. The van der Waals surface area contributed by atoms with Gasteiger partial charge in [-0.2, -0.15) is 0 Å². The molecule has 19 heavy (non-hydrogen) atoms. The van der Waals surface area contributed by atoms with Crippen molar-refractivity contribution in [3.63, 3.8) is 0 Å². The molecule has 0 unspecified atom stereocenters.